The highest BCUT2D eigenvalue weighted by Gasteiger charge is 2.27. The number of aromatic nitrogens is 4. The van der Waals surface area contributed by atoms with E-state index in [-0.39, 0.29) is 10.9 Å². The molecule has 10 heteroatoms. The molecule has 1 aliphatic heterocycles. The molecule has 0 aliphatic carbocycles. The van der Waals surface area contributed by atoms with Crippen molar-refractivity contribution in [3.05, 3.63) is 35.7 Å². The molecule has 1 fully saturated rings. The van der Waals surface area contributed by atoms with Gasteiger partial charge in [-0.25, -0.2) is 13.4 Å². The van der Waals surface area contributed by atoms with Crippen molar-refractivity contribution >= 4 is 26.8 Å². The Morgan fingerprint density at radius 1 is 1.10 bits per heavy atom. The van der Waals surface area contributed by atoms with Crippen LogP contribution < -0.4 is 9.64 Å². The first-order valence-corrected chi connectivity index (χ1v) is 11.5. The Morgan fingerprint density at radius 2 is 1.80 bits per heavy atom. The molecule has 3 aromatic rings. The number of morpholine rings is 1. The molecular formula is C20H25N5O4S. The Morgan fingerprint density at radius 3 is 2.43 bits per heavy atom. The maximum absolute atomic E-state index is 13.2. The summed E-state index contributed by atoms with van der Waals surface area (Å²) in [5.74, 6) is 1.81. The lowest BCUT2D eigenvalue weighted by molar-refractivity contribution is 0.122. The summed E-state index contributed by atoms with van der Waals surface area (Å²) >= 11 is 0. The van der Waals surface area contributed by atoms with Gasteiger partial charge in [-0.05, 0) is 31.5 Å². The fourth-order valence-electron chi connectivity index (χ4n) is 3.59. The molecule has 2 aromatic heterocycles. The van der Waals surface area contributed by atoms with Crippen LogP contribution in [0.25, 0.3) is 11.2 Å². The Hall–Kier alpha value is -2.72. The molecule has 0 N–H and O–H groups in total. The van der Waals surface area contributed by atoms with Gasteiger partial charge in [0.2, 0.25) is 9.84 Å². The molecule has 1 aromatic carbocycles. The molecule has 0 radical (unpaired) electrons. The van der Waals surface area contributed by atoms with Crippen molar-refractivity contribution in [3.8, 4) is 5.75 Å². The van der Waals surface area contributed by atoms with Gasteiger partial charge in [-0.15, -0.1) is 0 Å². The van der Waals surface area contributed by atoms with Gasteiger partial charge in [-0.2, -0.15) is 9.97 Å². The van der Waals surface area contributed by atoms with E-state index in [9.17, 15) is 8.42 Å². The van der Waals surface area contributed by atoms with Gasteiger partial charge >= 0.3 is 0 Å². The summed E-state index contributed by atoms with van der Waals surface area (Å²) in [7, 11) is -2.19. The molecule has 160 valence electrons. The standard InChI is InChI=1S/C20H25N5O4S/c1-4-25-14(2)21-17-18(24-9-11-29-12-10-24)22-20(23-19(17)25)30(26,27)13-15-5-7-16(28-3)8-6-15/h5-8H,4,9-13H2,1-3H3. The number of hydrogen-bond donors (Lipinski definition) is 0. The zero-order valence-electron chi connectivity index (χ0n) is 17.3. The summed E-state index contributed by atoms with van der Waals surface area (Å²) in [6, 6.07) is 6.95. The molecule has 0 bridgehead atoms. The Labute approximate surface area is 175 Å². The number of methoxy groups -OCH3 is 1. The number of ether oxygens (including phenoxy) is 2. The topological polar surface area (TPSA) is 99.4 Å². The van der Waals surface area contributed by atoms with Crippen LogP contribution in [-0.2, 0) is 26.9 Å². The van der Waals surface area contributed by atoms with E-state index in [0.29, 0.717) is 61.1 Å². The molecule has 0 saturated carbocycles. The zero-order valence-corrected chi connectivity index (χ0v) is 18.1. The quantitative estimate of drug-likeness (QED) is 0.546. The number of benzene rings is 1. The Balaban J connectivity index is 1.80. The molecule has 4 rings (SSSR count). The van der Waals surface area contributed by atoms with Gasteiger partial charge in [-0.3, -0.25) is 0 Å². The first-order valence-electron chi connectivity index (χ1n) is 9.86. The summed E-state index contributed by atoms with van der Waals surface area (Å²) in [5, 5.41) is -0.179. The Bertz CT molecular complexity index is 1150. The highest BCUT2D eigenvalue weighted by molar-refractivity contribution is 7.90. The highest BCUT2D eigenvalue weighted by Crippen LogP contribution is 2.27. The number of nitrogens with zero attached hydrogens (tertiary/aromatic N) is 5. The van der Waals surface area contributed by atoms with E-state index in [1.807, 2.05) is 23.3 Å². The van der Waals surface area contributed by atoms with Crippen LogP contribution in [0.5, 0.6) is 5.75 Å². The number of aryl methyl sites for hydroxylation is 2. The third kappa shape index (κ3) is 3.84. The lowest BCUT2D eigenvalue weighted by atomic mass is 10.2. The number of rotatable bonds is 6. The molecule has 9 nitrogen and oxygen atoms in total. The molecule has 0 unspecified atom stereocenters. The number of anilines is 1. The molecular weight excluding hydrogens is 406 g/mol. The molecule has 0 amide bonds. The van der Waals surface area contributed by atoms with Crippen molar-refractivity contribution in [2.45, 2.75) is 31.3 Å². The lowest BCUT2D eigenvalue weighted by Crippen LogP contribution is -2.37. The maximum Gasteiger partial charge on any atom is 0.251 e. The van der Waals surface area contributed by atoms with Crippen molar-refractivity contribution in [2.75, 3.05) is 38.3 Å². The van der Waals surface area contributed by atoms with Crippen LogP contribution >= 0.6 is 0 Å². The number of imidazole rings is 1. The van der Waals surface area contributed by atoms with Gasteiger partial charge in [-0.1, -0.05) is 12.1 Å². The van der Waals surface area contributed by atoms with Crippen molar-refractivity contribution < 1.29 is 17.9 Å². The van der Waals surface area contributed by atoms with Gasteiger partial charge in [0.1, 0.15) is 11.6 Å². The van der Waals surface area contributed by atoms with Gasteiger partial charge < -0.3 is 18.9 Å². The van der Waals surface area contributed by atoms with Gasteiger partial charge in [0, 0.05) is 19.6 Å². The number of hydrogen-bond acceptors (Lipinski definition) is 8. The second kappa shape index (κ2) is 8.19. The van der Waals surface area contributed by atoms with Crippen LogP contribution in [-0.4, -0.2) is 61.3 Å². The predicted molar refractivity (Wildman–Crippen MR) is 113 cm³/mol. The lowest BCUT2D eigenvalue weighted by Gasteiger charge is -2.28. The normalized spacial score (nSPS) is 15.0. The van der Waals surface area contributed by atoms with Gasteiger partial charge in [0.15, 0.2) is 17.0 Å². The number of fused-ring (bicyclic) bond motifs is 1. The monoisotopic (exact) mass is 431 g/mol. The van der Waals surface area contributed by atoms with E-state index in [1.165, 1.54) is 0 Å². The van der Waals surface area contributed by atoms with Crippen molar-refractivity contribution in [2.24, 2.45) is 0 Å². The van der Waals surface area contributed by atoms with E-state index >= 15 is 0 Å². The van der Waals surface area contributed by atoms with Crippen molar-refractivity contribution in [1.29, 1.82) is 0 Å². The minimum Gasteiger partial charge on any atom is -0.497 e. The van der Waals surface area contributed by atoms with E-state index in [4.69, 9.17) is 9.47 Å². The molecule has 1 aliphatic rings. The smallest absolute Gasteiger partial charge is 0.251 e. The van der Waals surface area contributed by atoms with Crippen LogP contribution in [0.1, 0.15) is 18.3 Å². The fraction of sp³-hybridized carbons (Fsp3) is 0.450. The molecule has 0 spiro atoms. The van der Waals surface area contributed by atoms with Gasteiger partial charge in [0.05, 0.1) is 26.1 Å². The van der Waals surface area contributed by atoms with E-state index in [0.717, 1.165) is 5.82 Å². The van der Waals surface area contributed by atoms with E-state index in [1.54, 1.807) is 31.4 Å². The Kier molecular flexibility index (Phi) is 5.61. The summed E-state index contributed by atoms with van der Waals surface area (Å²) in [4.78, 5) is 15.6. The minimum atomic E-state index is -3.76. The third-order valence-corrected chi connectivity index (χ3v) is 6.62. The SMILES string of the molecule is CCn1c(C)nc2c(N3CCOCC3)nc(S(=O)(=O)Cc3ccc(OC)cc3)nc21. The summed E-state index contributed by atoms with van der Waals surface area (Å²) in [6.07, 6.45) is 0. The second-order valence-corrected chi connectivity index (χ2v) is 9.00. The van der Waals surface area contributed by atoms with Crippen LogP contribution in [0, 0.1) is 6.92 Å². The summed E-state index contributed by atoms with van der Waals surface area (Å²) in [5.41, 5.74) is 1.81. The fourth-order valence-corrected chi connectivity index (χ4v) is 4.81. The molecule has 30 heavy (non-hydrogen) atoms. The minimum absolute atomic E-state index is 0.179. The van der Waals surface area contributed by atoms with Crippen LogP contribution in [0.15, 0.2) is 29.4 Å². The average Bonchev–Trinajstić information content (AvgIpc) is 3.08. The summed E-state index contributed by atoms with van der Waals surface area (Å²) in [6.45, 7) is 6.89. The molecule has 0 atom stereocenters. The predicted octanol–water partition coefficient (Wildman–Crippen LogP) is 1.97. The van der Waals surface area contributed by atoms with Crippen molar-refractivity contribution in [3.63, 3.8) is 0 Å². The zero-order chi connectivity index (χ0) is 21.3. The van der Waals surface area contributed by atoms with E-state index < -0.39 is 9.84 Å². The highest BCUT2D eigenvalue weighted by atomic mass is 32.2. The van der Waals surface area contributed by atoms with Crippen LogP contribution in [0.3, 0.4) is 0 Å². The molecule has 3 heterocycles. The third-order valence-electron chi connectivity index (χ3n) is 5.17. The number of sulfone groups is 1. The van der Waals surface area contributed by atoms with Crippen LogP contribution in [0.2, 0.25) is 0 Å². The second-order valence-electron chi connectivity index (χ2n) is 7.11. The largest absolute Gasteiger partial charge is 0.497 e. The first kappa shape index (κ1) is 20.5. The average molecular weight is 432 g/mol. The van der Waals surface area contributed by atoms with Gasteiger partial charge in [0.25, 0.3) is 5.16 Å². The summed E-state index contributed by atoms with van der Waals surface area (Å²) < 4.78 is 38.9. The van der Waals surface area contributed by atoms with Crippen molar-refractivity contribution in [1.82, 2.24) is 19.5 Å². The van der Waals surface area contributed by atoms with Crippen LogP contribution in [0.4, 0.5) is 5.82 Å². The molecule has 1 saturated heterocycles. The first-order chi connectivity index (χ1) is 14.4. The maximum atomic E-state index is 13.2. The van der Waals surface area contributed by atoms with E-state index in [2.05, 4.69) is 15.0 Å².